The van der Waals surface area contributed by atoms with Crippen LogP contribution in [0.25, 0.3) is 0 Å². The summed E-state index contributed by atoms with van der Waals surface area (Å²) in [6, 6.07) is 11.0. The number of benzene rings is 2. The van der Waals surface area contributed by atoms with Crippen LogP contribution in [-0.2, 0) is 0 Å². The molecule has 0 aliphatic carbocycles. The first-order valence-corrected chi connectivity index (χ1v) is 14.9. The van der Waals surface area contributed by atoms with Gasteiger partial charge in [0.25, 0.3) is 5.91 Å². The van der Waals surface area contributed by atoms with E-state index in [9.17, 15) is 10.1 Å². The molecular formula is C34H43N5OS. The summed E-state index contributed by atoms with van der Waals surface area (Å²) in [5.41, 5.74) is 8.76. The van der Waals surface area contributed by atoms with Crippen LogP contribution in [-0.4, -0.2) is 60.5 Å². The van der Waals surface area contributed by atoms with Crippen LogP contribution in [0, 0.1) is 39.0 Å². The van der Waals surface area contributed by atoms with Crippen molar-refractivity contribution in [2.45, 2.75) is 64.4 Å². The van der Waals surface area contributed by atoms with Crippen molar-refractivity contribution in [2.75, 3.05) is 42.9 Å². The molecule has 1 amide bonds. The zero-order valence-electron chi connectivity index (χ0n) is 25.1. The molecule has 7 heteroatoms. The summed E-state index contributed by atoms with van der Waals surface area (Å²) >= 11 is 4.76. The number of likely N-dealkylation sites (tertiary alicyclic amines) is 1. The van der Waals surface area contributed by atoms with E-state index >= 15 is 0 Å². The van der Waals surface area contributed by atoms with Crippen LogP contribution >= 0.6 is 12.6 Å². The maximum absolute atomic E-state index is 14.1. The van der Waals surface area contributed by atoms with Gasteiger partial charge >= 0.3 is 0 Å². The lowest BCUT2D eigenvalue weighted by Crippen LogP contribution is -2.54. The molecular weight excluding hydrogens is 526 g/mol. The van der Waals surface area contributed by atoms with E-state index in [0.717, 1.165) is 88.8 Å². The van der Waals surface area contributed by atoms with Gasteiger partial charge in [0.1, 0.15) is 6.07 Å². The molecule has 2 aliphatic rings. The smallest absolute Gasteiger partial charge is 0.254 e. The standard InChI is InChI=1S/C34H43N5OS/c1-8-27(20-35)29(9-2)37-15-13-28(14-16-37)36-32-24(5)19-23(4)31(26(32)7)34(40)39-18-17-38(21-25(39)6)30-12-10-11-22(3)33(30)41/h8-12,19,25,28,36,41H,1-2,13-18,21H2,3-7H3/b29-27-/t25-/m0/s1. The predicted octanol–water partition coefficient (Wildman–Crippen LogP) is 6.59. The normalized spacial score (nSPS) is 18.5. The number of nitrogens with one attached hydrogen (secondary N) is 1. The van der Waals surface area contributed by atoms with Crippen molar-refractivity contribution >= 4 is 29.9 Å². The number of anilines is 2. The Morgan fingerprint density at radius 1 is 1.05 bits per heavy atom. The molecule has 0 aromatic heterocycles. The molecule has 0 unspecified atom stereocenters. The fourth-order valence-electron chi connectivity index (χ4n) is 6.34. The van der Waals surface area contributed by atoms with E-state index in [2.05, 4.69) is 86.3 Å². The van der Waals surface area contributed by atoms with Gasteiger partial charge in [-0.3, -0.25) is 4.79 Å². The number of nitrogens with zero attached hydrogens (tertiary/aromatic N) is 4. The molecule has 41 heavy (non-hydrogen) atoms. The first-order valence-electron chi connectivity index (χ1n) is 14.5. The Morgan fingerprint density at radius 2 is 1.76 bits per heavy atom. The predicted molar refractivity (Wildman–Crippen MR) is 173 cm³/mol. The molecule has 216 valence electrons. The van der Waals surface area contributed by atoms with Gasteiger partial charge in [-0.1, -0.05) is 31.4 Å². The summed E-state index contributed by atoms with van der Waals surface area (Å²) in [4.78, 5) is 21.7. The summed E-state index contributed by atoms with van der Waals surface area (Å²) in [5.74, 6) is 0.106. The van der Waals surface area contributed by atoms with Crippen LogP contribution in [0.3, 0.4) is 0 Å². The number of hydrogen-bond acceptors (Lipinski definition) is 6. The van der Waals surface area contributed by atoms with Crippen LogP contribution in [0.2, 0.25) is 0 Å². The van der Waals surface area contributed by atoms with Crippen LogP contribution in [0.15, 0.2) is 65.7 Å². The van der Waals surface area contributed by atoms with E-state index < -0.39 is 0 Å². The maximum Gasteiger partial charge on any atom is 0.254 e. The number of hydrogen-bond donors (Lipinski definition) is 2. The zero-order valence-corrected chi connectivity index (χ0v) is 26.0. The van der Waals surface area contributed by atoms with Crippen molar-refractivity contribution in [1.82, 2.24) is 9.80 Å². The van der Waals surface area contributed by atoms with Crippen molar-refractivity contribution in [2.24, 2.45) is 0 Å². The number of piperazine rings is 1. The van der Waals surface area contributed by atoms with Gasteiger partial charge in [0.2, 0.25) is 0 Å². The highest BCUT2D eigenvalue weighted by Crippen LogP contribution is 2.33. The van der Waals surface area contributed by atoms with Gasteiger partial charge in [0.15, 0.2) is 0 Å². The number of rotatable bonds is 7. The second-order valence-corrected chi connectivity index (χ2v) is 11.8. The average molecular weight is 570 g/mol. The minimum absolute atomic E-state index is 0.0753. The van der Waals surface area contributed by atoms with E-state index in [1.165, 1.54) is 0 Å². The van der Waals surface area contributed by atoms with E-state index in [1.54, 1.807) is 12.2 Å². The van der Waals surface area contributed by atoms with E-state index in [0.29, 0.717) is 12.1 Å². The molecule has 2 fully saturated rings. The quantitative estimate of drug-likeness (QED) is 0.224. The summed E-state index contributed by atoms with van der Waals surface area (Å²) in [6.07, 6.45) is 5.20. The average Bonchev–Trinajstić information content (AvgIpc) is 2.95. The van der Waals surface area contributed by atoms with Crippen molar-refractivity contribution < 1.29 is 4.79 Å². The highest BCUT2D eigenvalue weighted by Gasteiger charge is 2.31. The third-order valence-corrected chi connectivity index (χ3v) is 9.19. The fraction of sp³-hybridized carbons (Fsp3) is 0.412. The SMILES string of the molecule is C=C/C(C#N)=C(\C=C)N1CCC(Nc2c(C)cc(C)c(C(=O)N3CCN(c4cccc(C)c4S)C[C@@H]3C)c2C)CC1. The van der Waals surface area contributed by atoms with Crippen molar-refractivity contribution in [1.29, 1.82) is 5.26 Å². The van der Waals surface area contributed by atoms with Gasteiger partial charge in [-0.15, -0.1) is 12.6 Å². The van der Waals surface area contributed by atoms with E-state index in [-0.39, 0.29) is 18.0 Å². The first-order chi connectivity index (χ1) is 19.6. The highest BCUT2D eigenvalue weighted by molar-refractivity contribution is 7.80. The number of thiol groups is 1. The van der Waals surface area contributed by atoms with Crippen LogP contribution in [0.4, 0.5) is 11.4 Å². The van der Waals surface area contributed by atoms with Crippen LogP contribution in [0.1, 0.15) is 52.4 Å². The van der Waals surface area contributed by atoms with Crippen molar-refractivity contribution in [3.05, 3.63) is 88.7 Å². The van der Waals surface area contributed by atoms with Crippen LogP contribution < -0.4 is 10.2 Å². The van der Waals surface area contributed by atoms with Gasteiger partial charge in [0.05, 0.1) is 17.0 Å². The highest BCUT2D eigenvalue weighted by atomic mass is 32.1. The first kappa shape index (κ1) is 30.3. The zero-order chi connectivity index (χ0) is 29.8. The lowest BCUT2D eigenvalue weighted by Gasteiger charge is -2.42. The van der Waals surface area contributed by atoms with Crippen LogP contribution in [0.5, 0.6) is 0 Å². The molecule has 0 radical (unpaired) electrons. The Bertz CT molecular complexity index is 1410. The molecule has 6 nitrogen and oxygen atoms in total. The molecule has 2 heterocycles. The third-order valence-electron chi connectivity index (χ3n) is 8.61. The lowest BCUT2D eigenvalue weighted by atomic mass is 9.94. The van der Waals surface area contributed by atoms with Gasteiger partial charge in [-0.05, 0) is 87.9 Å². The largest absolute Gasteiger partial charge is 0.382 e. The summed E-state index contributed by atoms with van der Waals surface area (Å²) in [7, 11) is 0. The minimum Gasteiger partial charge on any atom is -0.382 e. The summed E-state index contributed by atoms with van der Waals surface area (Å²) in [6.45, 7) is 22.0. The number of nitriles is 1. The number of piperidine rings is 1. The molecule has 2 saturated heterocycles. The third kappa shape index (κ3) is 6.18. The Kier molecular flexibility index (Phi) is 9.55. The Labute approximate surface area is 251 Å². The van der Waals surface area contributed by atoms with Crippen molar-refractivity contribution in [3.8, 4) is 6.07 Å². The second-order valence-electron chi connectivity index (χ2n) is 11.3. The Morgan fingerprint density at radius 3 is 2.37 bits per heavy atom. The van der Waals surface area contributed by atoms with Gasteiger partial charge < -0.3 is 20.0 Å². The minimum atomic E-state index is 0.0753. The number of allylic oxidation sites excluding steroid dienone is 3. The second kappa shape index (κ2) is 12.9. The lowest BCUT2D eigenvalue weighted by molar-refractivity contribution is 0.0672. The molecule has 1 N–H and O–H groups in total. The summed E-state index contributed by atoms with van der Waals surface area (Å²) < 4.78 is 0. The fourth-order valence-corrected chi connectivity index (χ4v) is 6.63. The molecule has 0 saturated carbocycles. The molecule has 0 bridgehead atoms. The number of aryl methyl sites for hydroxylation is 3. The van der Waals surface area contributed by atoms with Gasteiger partial charge in [-0.2, -0.15) is 5.26 Å². The van der Waals surface area contributed by atoms with Gasteiger partial charge in [0, 0.05) is 61.0 Å². The topological polar surface area (TPSA) is 62.6 Å². The number of amides is 1. The number of carbonyl (C=O) groups is 1. The summed E-state index contributed by atoms with van der Waals surface area (Å²) in [5, 5.41) is 13.2. The van der Waals surface area contributed by atoms with Gasteiger partial charge in [-0.25, -0.2) is 0 Å². The Balaban J connectivity index is 1.49. The molecule has 2 aliphatic heterocycles. The number of carbonyl (C=O) groups excluding carboxylic acids is 1. The monoisotopic (exact) mass is 569 g/mol. The van der Waals surface area contributed by atoms with Crippen molar-refractivity contribution in [3.63, 3.8) is 0 Å². The van der Waals surface area contributed by atoms with E-state index in [1.807, 2.05) is 11.8 Å². The molecule has 4 rings (SSSR count). The molecule has 2 aromatic carbocycles. The maximum atomic E-state index is 14.1. The molecule has 1 atom stereocenters. The Hall–Kier alpha value is -3.63. The molecule has 0 spiro atoms. The molecule has 2 aromatic rings. The van der Waals surface area contributed by atoms with E-state index in [4.69, 9.17) is 12.6 Å².